The van der Waals surface area contributed by atoms with Gasteiger partial charge in [0, 0.05) is 17.8 Å². The van der Waals surface area contributed by atoms with Crippen LogP contribution in [0.25, 0.3) is 0 Å². The second kappa shape index (κ2) is 10.4. The van der Waals surface area contributed by atoms with E-state index in [0.717, 1.165) is 51.6 Å². The minimum atomic E-state index is -0.0147. The van der Waals surface area contributed by atoms with Crippen molar-refractivity contribution in [2.45, 2.75) is 37.1 Å². The zero-order valence-corrected chi connectivity index (χ0v) is 20.9. The van der Waals surface area contributed by atoms with Crippen molar-refractivity contribution in [2.75, 3.05) is 31.8 Å². The lowest BCUT2D eigenvalue weighted by Crippen LogP contribution is -2.32. The fourth-order valence-corrected chi connectivity index (χ4v) is 5.67. The van der Waals surface area contributed by atoms with Crippen LogP contribution >= 0.6 is 23.1 Å². The first-order chi connectivity index (χ1) is 16.0. The van der Waals surface area contributed by atoms with Crippen LogP contribution < -0.4 is 14.8 Å². The Labute approximate surface area is 202 Å². The number of likely N-dealkylation sites (tertiary alicyclic amines) is 1. The number of anilines is 2. The fraction of sp³-hybridized carbons (Fsp3) is 0.375. The molecule has 1 aromatic heterocycles. The molecule has 0 saturated carbocycles. The lowest BCUT2D eigenvalue weighted by molar-refractivity contribution is -0.129. The molecule has 4 rings (SSSR count). The van der Waals surface area contributed by atoms with Crippen LogP contribution in [0.1, 0.15) is 35.6 Å². The van der Waals surface area contributed by atoms with E-state index in [9.17, 15) is 4.79 Å². The molecule has 0 bridgehead atoms. The van der Waals surface area contributed by atoms with Crippen molar-refractivity contribution in [3.63, 3.8) is 0 Å². The number of hydrogen-bond donors (Lipinski definition) is 1. The van der Waals surface area contributed by atoms with Gasteiger partial charge in [-0.15, -0.1) is 10.2 Å². The summed E-state index contributed by atoms with van der Waals surface area (Å²) >= 11 is 2.88. The van der Waals surface area contributed by atoms with E-state index in [1.54, 1.807) is 14.2 Å². The van der Waals surface area contributed by atoms with E-state index in [4.69, 9.17) is 9.47 Å². The highest BCUT2D eigenvalue weighted by Gasteiger charge is 2.32. The van der Waals surface area contributed by atoms with Crippen LogP contribution in [0, 0.1) is 13.8 Å². The maximum absolute atomic E-state index is 13.1. The number of thioether (sulfide) groups is 1. The smallest absolute Gasteiger partial charge is 0.233 e. The van der Waals surface area contributed by atoms with Gasteiger partial charge in [0.05, 0.1) is 26.0 Å². The Morgan fingerprint density at radius 3 is 2.85 bits per heavy atom. The summed E-state index contributed by atoms with van der Waals surface area (Å²) in [5.41, 5.74) is 4.41. The van der Waals surface area contributed by atoms with Gasteiger partial charge in [-0.05, 0) is 62.1 Å². The summed E-state index contributed by atoms with van der Waals surface area (Å²) in [6, 6.07) is 11.9. The Morgan fingerprint density at radius 1 is 1.21 bits per heavy atom. The standard InChI is InChI=1S/C24H28N4O3S2/c1-15-7-5-8-19(16(15)2)25-23-26-27-24(33-23)32-14-22(29)28-12-6-9-20(28)18-13-17(30-3)10-11-21(18)31-4/h5,7-8,10-11,13,20H,6,9,12,14H2,1-4H3,(H,25,26). The van der Waals surface area contributed by atoms with E-state index in [1.165, 1.54) is 34.2 Å². The number of rotatable bonds is 8. The van der Waals surface area contributed by atoms with Gasteiger partial charge in [-0.2, -0.15) is 0 Å². The van der Waals surface area contributed by atoms with Gasteiger partial charge >= 0.3 is 0 Å². The Hall–Kier alpha value is -2.78. The zero-order valence-electron chi connectivity index (χ0n) is 19.3. The number of aromatic nitrogens is 2. The molecule has 1 atom stereocenters. The van der Waals surface area contributed by atoms with E-state index in [1.807, 2.05) is 35.2 Å². The van der Waals surface area contributed by atoms with Crippen molar-refractivity contribution >= 4 is 39.8 Å². The summed E-state index contributed by atoms with van der Waals surface area (Å²) in [6.07, 6.45) is 1.87. The lowest BCUT2D eigenvalue weighted by Gasteiger charge is -2.26. The van der Waals surface area contributed by atoms with Gasteiger partial charge in [0.1, 0.15) is 11.5 Å². The Bertz CT molecular complexity index is 1130. The number of amides is 1. The second-order valence-corrected chi connectivity index (χ2v) is 10.1. The van der Waals surface area contributed by atoms with E-state index in [-0.39, 0.29) is 11.9 Å². The molecule has 0 spiro atoms. The van der Waals surface area contributed by atoms with Crippen molar-refractivity contribution < 1.29 is 14.3 Å². The first-order valence-electron chi connectivity index (χ1n) is 10.8. The van der Waals surface area contributed by atoms with E-state index >= 15 is 0 Å². The van der Waals surface area contributed by atoms with Crippen LogP contribution in [-0.4, -0.2) is 47.5 Å². The zero-order chi connectivity index (χ0) is 23.4. The number of nitrogens with one attached hydrogen (secondary N) is 1. The van der Waals surface area contributed by atoms with Gasteiger partial charge in [0.25, 0.3) is 0 Å². The Kier molecular flexibility index (Phi) is 7.39. The molecule has 7 nitrogen and oxygen atoms in total. The number of methoxy groups -OCH3 is 2. The summed E-state index contributed by atoms with van der Waals surface area (Å²) in [7, 11) is 3.30. The van der Waals surface area contributed by atoms with Crippen LogP contribution in [0.5, 0.6) is 11.5 Å². The SMILES string of the molecule is COc1ccc(OC)c(C2CCCN2C(=O)CSc2nnc(Nc3cccc(C)c3C)s2)c1. The molecule has 1 aliphatic heterocycles. The third kappa shape index (κ3) is 5.25. The predicted octanol–water partition coefficient (Wildman–Crippen LogP) is 5.37. The lowest BCUT2D eigenvalue weighted by atomic mass is 10.0. The first-order valence-corrected chi connectivity index (χ1v) is 12.6. The molecule has 1 N–H and O–H groups in total. The highest BCUT2D eigenvalue weighted by Crippen LogP contribution is 2.39. The highest BCUT2D eigenvalue weighted by atomic mass is 32.2. The number of aryl methyl sites for hydroxylation is 1. The maximum atomic E-state index is 13.1. The van der Waals surface area contributed by atoms with Gasteiger partial charge in [-0.3, -0.25) is 4.79 Å². The van der Waals surface area contributed by atoms with Gasteiger partial charge < -0.3 is 19.7 Å². The van der Waals surface area contributed by atoms with E-state index in [2.05, 4.69) is 35.4 Å². The average molecular weight is 485 g/mol. The number of hydrogen-bond acceptors (Lipinski definition) is 8. The molecule has 1 amide bonds. The number of carbonyl (C=O) groups is 1. The molecule has 1 aliphatic rings. The predicted molar refractivity (Wildman–Crippen MR) is 133 cm³/mol. The molecular weight excluding hydrogens is 456 g/mol. The molecule has 2 heterocycles. The molecule has 0 aliphatic carbocycles. The summed E-state index contributed by atoms with van der Waals surface area (Å²) in [6.45, 7) is 4.90. The van der Waals surface area contributed by atoms with Crippen LogP contribution in [0.3, 0.4) is 0 Å². The van der Waals surface area contributed by atoms with Crippen LogP contribution in [-0.2, 0) is 4.79 Å². The molecule has 0 radical (unpaired) electrons. The van der Waals surface area contributed by atoms with Crippen molar-refractivity contribution in [3.05, 3.63) is 53.1 Å². The van der Waals surface area contributed by atoms with Crippen molar-refractivity contribution in [2.24, 2.45) is 0 Å². The average Bonchev–Trinajstić information content (AvgIpc) is 3.50. The third-order valence-electron chi connectivity index (χ3n) is 5.94. The second-order valence-electron chi connectivity index (χ2n) is 7.89. The molecule has 3 aromatic rings. The molecule has 2 aromatic carbocycles. The van der Waals surface area contributed by atoms with Gasteiger partial charge in [0.2, 0.25) is 11.0 Å². The molecule has 1 saturated heterocycles. The van der Waals surface area contributed by atoms with Crippen molar-refractivity contribution in [1.82, 2.24) is 15.1 Å². The minimum Gasteiger partial charge on any atom is -0.497 e. The first kappa shape index (κ1) is 23.4. The van der Waals surface area contributed by atoms with Crippen LogP contribution in [0.15, 0.2) is 40.7 Å². The van der Waals surface area contributed by atoms with Gasteiger partial charge in [0.15, 0.2) is 4.34 Å². The molecule has 174 valence electrons. The molecule has 1 fully saturated rings. The van der Waals surface area contributed by atoms with Gasteiger partial charge in [-0.25, -0.2) is 0 Å². The van der Waals surface area contributed by atoms with E-state index < -0.39 is 0 Å². The summed E-state index contributed by atoms with van der Waals surface area (Å²) < 4.78 is 11.7. The monoisotopic (exact) mass is 484 g/mol. The topological polar surface area (TPSA) is 76.6 Å². The molecule has 9 heteroatoms. The number of nitrogens with zero attached hydrogens (tertiary/aromatic N) is 3. The fourth-order valence-electron chi connectivity index (χ4n) is 4.02. The largest absolute Gasteiger partial charge is 0.497 e. The maximum Gasteiger partial charge on any atom is 0.233 e. The van der Waals surface area contributed by atoms with Crippen LogP contribution in [0.2, 0.25) is 0 Å². The van der Waals surface area contributed by atoms with Crippen LogP contribution in [0.4, 0.5) is 10.8 Å². The third-order valence-corrected chi connectivity index (χ3v) is 7.90. The normalized spacial score (nSPS) is 15.5. The number of benzene rings is 2. The Morgan fingerprint density at radius 2 is 2.06 bits per heavy atom. The minimum absolute atomic E-state index is 0.0147. The van der Waals surface area contributed by atoms with E-state index in [0.29, 0.717) is 5.75 Å². The summed E-state index contributed by atoms with van der Waals surface area (Å²) in [5, 5.41) is 12.6. The number of carbonyl (C=O) groups excluding carboxylic acids is 1. The quantitative estimate of drug-likeness (QED) is 0.431. The summed E-state index contributed by atoms with van der Waals surface area (Å²) in [5.74, 6) is 1.95. The van der Waals surface area contributed by atoms with Crippen molar-refractivity contribution in [3.8, 4) is 11.5 Å². The summed E-state index contributed by atoms with van der Waals surface area (Å²) in [4.78, 5) is 15.1. The molecular formula is C24H28N4O3S2. The molecule has 1 unspecified atom stereocenters. The number of ether oxygens (including phenoxy) is 2. The Balaban J connectivity index is 1.40. The van der Waals surface area contributed by atoms with Gasteiger partial charge in [-0.1, -0.05) is 35.2 Å². The van der Waals surface area contributed by atoms with Crippen molar-refractivity contribution in [1.29, 1.82) is 0 Å². The molecule has 33 heavy (non-hydrogen) atoms. The highest BCUT2D eigenvalue weighted by molar-refractivity contribution is 8.01.